The van der Waals surface area contributed by atoms with E-state index in [-0.39, 0.29) is 6.10 Å². The van der Waals surface area contributed by atoms with Crippen molar-refractivity contribution in [3.63, 3.8) is 0 Å². The second kappa shape index (κ2) is 7.39. The van der Waals surface area contributed by atoms with Crippen molar-refractivity contribution in [2.75, 3.05) is 19.7 Å². The van der Waals surface area contributed by atoms with Crippen LogP contribution in [0.15, 0.2) is 30.3 Å². The highest BCUT2D eigenvalue weighted by Crippen LogP contribution is 2.39. The van der Waals surface area contributed by atoms with E-state index < -0.39 is 0 Å². The molecule has 3 nitrogen and oxygen atoms in total. The lowest BCUT2D eigenvalue weighted by Crippen LogP contribution is -2.46. The molecular formula is C18H27NO2. The average Bonchev–Trinajstić information content (AvgIpc) is 3.34. The van der Waals surface area contributed by atoms with Crippen LogP contribution in [-0.4, -0.2) is 41.8 Å². The van der Waals surface area contributed by atoms with Crippen molar-refractivity contribution < 1.29 is 9.84 Å². The van der Waals surface area contributed by atoms with Crippen LogP contribution in [0.25, 0.3) is 0 Å². The molecule has 0 aromatic heterocycles. The number of hydrogen-bond acceptors (Lipinski definition) is 3. The number of nitrogens with zero attached hydrogens (tertiary/aromatic N) is 1. The summed E-state index contributed by atoms with van der Waals surface area (Å²) in [5.74, 6) is 0.852. The molecule has 0 unspecified atom stereocenters. The first-order valence-electron chi connectivity index (χ1n) is 8.37. The van der Waals surface area contributed by atoms with Gasteiger partial charge in [0.2, 0.25) is 0 Å². The Balaban J connectivity index is 1.34. The molecule has 1 aliphatic heterocycles. The summed E-state index contributed by atoms with van der Waals surface area (Å²) in [6.07, 6.45) is 5.66. The minimum absolute atomic E-state index is 0.0684. The van der Waals surface area contributed by atoms with Crippen LogP contribution in [0.2, 0.25) is 0 Å². The zero-order valence-electron chi connectivity index (χ0n) is 12.8. The van der Waals surface area contributed by atoms with E-state index in [1.807, 2.05) is 6.07 Å². The van der Waals surface area contributed by atoms with Gasteiger partial charge < -0.3 is 9.84 Å². The maximum Gasteiger partial charge on any atom is 0.0716 e. The van der Waals surface area contributed by atoms with Gasteiger partial charge in [0.25, 0.3) is 0 Å². The lowest BCUT2D eigenvalue weighted by molar-refractivity contribution is 0.0253. The van der Waals surface area contributed by atoms with Crippen LogP contribution in [-0.2, 0) is 11.3 Å². The molecule has 1 heterocycles. The molecular weight excluding hydrogens is 262 g/mol. The summed E-state index contributed by atoms with van der Waals surface area (Å²) < 4.78 is 5.77. The van der Waals surface area contributed by atoms with Crippen LogP contribution in [0.1, 0.15) is 37.7 Å². The Labute approximate surface area is 127 Å². The van der Waals surface area contributed by atoms with Crippen molar-refractivity contribution in [3.05, 3.63) is 35.9 Å². The Hall–Kier alpha value is -0.900. The van der Waals surface area contributed by atoms with Gasteiger partial charge in [-0.15, -0.1) is 0 Å². The van der Waals surface area contributed by atoms with E-state index in [1.165, 1.54) is 18.4 Å². The Kier molecular flexibility index (Phi) is 5.28. The largest absolute Gasteiger partial charge is 0.393 e. The summed E-state index contributed by atoms with van der Waals surface area (Å²) >= 11 is 0. The zero-order valence-corrected chi connectivity index (χ0v) is 12.8. The first kappa shape index (κ1) is 15.0. The van der Waals surface area contributed by atoms with Crippen LogP contribution < -0.4 is 0 Å². The molecule has 1 saturated carbocycles. The molecule has 1 aromatic rings. The van der Waals surface area contributed by atoms with Gasteiger partial charge in [0, 0.05) is 25.7 Å². The number of ether oxygens (including phenoxy) is 1. The summed E-state index contributed by atoms with van der Waals surface area (Å²) in [4.78, 5) is 2.59. The Morgan fingerprint density at radius 1 is 1.14 bits per heavy atom. The van der Waals surface area contributed by atoms with Gasteiger partial charge in [0.15, 0.2) is 0 Å². The monoisotopic (exact) mass is 289 g/mol. The van der Waals surface area contributed by atoms with Gasteiger partial charge in [-0.3, -0.25) is 4.90 Å². The predicted octanol–water partition coefficient (Wildman–Crippen LogP) is 2.83. The molecule has 1 aromatic carbocycles. The van der Waals surface area contributed by atoms with Crippen molar-refractivity contribution in [3.8, 4) is 0 Å². The topological polar surface area (TPSA) is 32.7 Å². The molecule has 3 rings (SSSR count). The summed E-state index contributed by atoms with van der Waals surface area (Å²) in [6, 6.07) is 11.0. The van der Waals surface area contributed by atoms with Gasteiger partial charge in [-0.25, -0.2) is 0 Å². The van der Waals surface area contributed by atoms with E-state index in [0.717, 1.165) is 44.9 Å². The minimum Gasteiger partial charge on any atom is -0.393 e. The molecule has 3 heteroatoms. The van der Waals surface area contributed by atoms with Gasteiger partial charge in [-0.05, 0) is 43.6 Å². The Morgan fingerprint density at radius 2 is 1.95 bits per heavy atom. The third-order valence-corrected chi connectivity index (χ3v) is 4.74. The molecule has 21 heavy (non-hydrogen) atoms. The number of aliphatic hydroxyl groups is 1. The van der Waals surface area contributed by atoms with Gasteiger partial charge in [0.05, 0.1) is 12.7 Å². The lowest BCUT2D eigenvalue weighted by Gasteiger charge is -2.38. The first-order valence-corrected chi connectivity index (χ1v) is 8.37. The van der Waals surface area contributed by atoms with E-state index in [4.69, 9.17) is 4.74 Å². The Morgan fingerprint density at radius 3 is 2.71 bits per heavy atom. The van der Waals surface area contributed by atoms with E-state index in [0.29, 0.717) is 12.6 Å². The highest BCUT2D eigenvalue weighted by molar-refractivity contribution is 5.13. The molecule has 0 bridgehead atoms. The van der Waals surface area contributed by atoms with Crippen LogP contribution in [0.3, 0.4) is 0 Å². The number of likely N-dealkylation sites (tertiary alicyclic amines) is 1. The molecule has 2 aliphatic rings. The van der Waals surface area contributed by atoms with Crippen molar-refractivity contribution in [2.24, 2.45) is 5.92 Å². The quantitative estimate of drug-likeness (QED) is 0.784. The summed E-state index contributed by atoms with van der Waals surface area (Å²) in [5.41, 5.74) is 1.24. The number of aliphatic hydroxyl groups excluding tert-OH is 1. The van der Waals surface area contributed by atoms with E-state index in [9.17, 15) is 5.11 Å². The standard InChI is InChI=1S/C18H27NO2/c20-17-9-11-19(18(13-17)16-7-8-16)10-4-12-21-14-15-5-2-1-3-6-15/h1-3,5-6,16-18,20H,4,7-14H2/t17-,18-/m1/s1. The lowest BCUT2D eigenvalue weighted by atomic mass is 9.95. The van der Waals surface area contributed by atoms with Crippen molar-refractivity contribution in [2.45, 2.75) is 50.9 Å². The van der Waals surface area contributed by atoms with Crippen LogP contribution in [0.5, 0.6) is 0 Å². The maximum absolute atomic E-state index is 9.86. The van der Waals surface area contributed by atoms with Gasteiger partial charge in [-0.2, -0.15) is 0 Å². The fourth-order valence-corrected chi connectivity index (χ4v) is 3.41. The molecule has 2 fully saturated rings. The third-order valence-electron chi connectivity index (χ3n) is 4.74. The molecule has 116 valence electrons. The molecule has 0 spiro atoms. The fraction of sp³-hybridized carbons (Fsp3) is 0.667. The number of piperidine rings is 1. The van der Waals surface area contributed by atoms with Crippen molar-refractivity contribution in [1.29, 1.82) is 0 Å². The highest BCUT2D eigenvalue weighted by Gasteiger charge is 2.38. The predicted molar refractivity (Wildman–Crippen MR) is 84.0 cm³/mol. The summed E-state index contributed by atoms with van der Waals surface area (Å²) in [6.45, 7) is 3.71. The molecule has 0 amide bonds. The van der Waals surface area contributed by atoms with E-state index >= 15 is 0 Å². The van der Waals surface area contributed by atoms with E-state index in [2.05, 4.69) is 29.2 Å². The second-order valence-corrected chi connectivity index (χ2v) is 6.51. The van der Waals surface area contributed by atoms with Gasteiger partial charge in [-0.1, -0.05) is 30.3 Å². The van der Waals surface area contributed by atoms with E-state index in [1.54, 1.807) is 0 Å². The summed E-state index contributed by atoms with van der Waals surface area (Å²) in [7, 11) is 0. The average molecular weight is 289 g/mol. The number of hydrogen-bond donors (Lipinski definition) is 1. The van der Waals surface area contributed by atoms with Crippen LogP contribution in [0.4, 0.5) is 0 Å². The number of rotatable bonds is 7. The SMILES string of the molecule is O[C@@H]1CCN(CCCOCc2ccccc2)[C@@H](C2CC2)C1. The highest BCUT2D eigenvalue weighted by atomic mass is 16.5. The van der Waals surface area contributed by atoms with Crippen molar-refractivity contribution >= 4 is 0 Å². The maximum atomic E-state index is 9.86. The van der Waals surface area contributed by atoms with Gasteiger partial charge in [0.1, 0.15) is 0 Å². The van der Waals surface area contributed by atoms with Crippen LogP contribution >= 0.6 is 0 Å². The minimum atomic E-state index is -0.0684. The molecule has 1 N–H and O–H groups in total. The van der Waals surface area contributed by atoms with Gasteiger partial charge >= 0.3 is 0 Å². The zero-order chi connectivity index (χ0) is 14.5. The molecule has 0 radical (unpaired) electrons. The molecule has 1 aliphatic carbocycles. The molecule has 1 saturated heterocycles. The second-order valence-electron chi connectivity index (χ2n) is 6.51. The molecule has 2 atom stereocenters. The third kappa shape index (κ3) is 4.53. The smallest absolute Gasteiger partial charge is 0.0716 e. The summed E-state index contributed by atoms with van der Waals surface area (Å²) in [5, 5.41) is 9.86. The van der Waals surface area contributed by atoms with Crippen LogP contribution in [0, 0.1) is 5.92 Å². The fourth-order valence-electron chi connectivity index (χ4n) is 3.41. The number of benzene rings is 1. The normalized spacial score (nSPS) is 26.9. The van der Waals surface area contributed by atoms with Crippen molar-refractivity contribution in [1.82, 2.24) is 4.90 Å². The first-order chi connectivity index (χ1) is 10.3. The Bertz CT molecular complexity index is 418.